The summed E-state index contributed by atoms with van der Waals surface area (Å²) in [6.07, 6.45) is 48.0. The minimum atomic E-state index is -4.38. The van der Waals surface area contributed by atoms with Gasteiger partial charge < -0.3 is 18.9 Å². The second kappa shape index (κ2) is 42.8. The van der Waals surface area contributed by atoms with Gasteiger partial charge in [0.1, 0.15) is 19.8 Å². The average molecular weight is 871 g/mol. The summed E-state index contributed by atoms with van der Waals surface area (Å²) in [5, 5.41) is 0. The van der Waals surface area contributed by atoms with Crippen molar-refractivity contribution in [2.75, 3.05) is 47.5 Å². The molecule has 60 heavy (non-hydrogen) atoms. The molecular formula is C50H97NO8P+. The molecule has 0 rings (SSSR count). The van der Waals surface area contributed by atoms with Crippen molar-refractivity contribution in [3.05, 3.63) is 24.3 Å². The second-order valence-electron chi connectivity index (χ2n) is 18.2. The molecule has 0 bridgehead atoms. The van der Waals surface area contributed by atoms with Gasteiger partial charge in [0.25, 0.3) is 0 Å². The van der Waals surface area contributed by atoms with Gasteiger partial charge in [-0.1, -0.05) is 205 Å². The van der Waals surface area contributed by atoms with Gasteiger partial charge in [-0.05, 0) is 38.5 Å². The standard InChI is InChI=1S/C50H96NO8P/c1-6-8-10-12-14-16-18-20-22-23-24-25-26-27-28-29-31-33-35-37-39-41-43-50(53)59-48(47-58-60(54,55)57-45-44-51(3,4)5)46-56-49(52)42-40-38-36-34-32-30-21-19-17-15-13-11-9-7-2/h13,15,19,21,48H,6-12,14,16-18,20,22-47H2,1-5H3/p+1/b15-13+,21-19+/t48-/m1/s1. The van der Waals surface area contributed by atoms with E-state index < -0.39 is 26.5 Å². The van der Waals surface area contributed by atoms with E-state index in [2.05, 4.69) is 38.2 Å². The number of phosphoric acid groups is 1. The van der Waals surface area contributed by atoms with E-state index in [9.17, 15) is 19.0 Å². The summed E-state index contributed by atoms with van der Waals surface area (Å²) in [6.45, 7) is 4.40. The Bertz CT molecular complexity index is 1070. The number of hydrogen-bond acceptors (Lipinski definition) is 7. The molecule has 1 unspecified atom stereocenters. The van der Waals surface area contributed by atoms with E-state index in [1.54, 1.807) is 0 Å². The molecule has 0 saturated carbocycles. The minimum absolute atomic E-state index is 0.0315. The normalized spacial score (nSPS) is 13.6. The third-order valence-electron chi connectivity index (χ3n) is 11.0. The highest BCUT2D eigenvalue weighted by Gasteiger charge is 2.27. The van der Waals surface area contributed by atoms with Crippen molar-refractivity contribution in [1.82, 2.24) is 0 Å². The molecule has 9 nitrogen and oxygen atoms in total. The van der Waals surface area contributed by atoms with E-state index in [-0.39, 0.29) is 32.0 Å². The first-order valence-corrected chi connectivity index (χ1v) is 26.6. The van der Waals surface area contributed by atoms with E-state index in [0.29, 0.717) is 17.4 Å². The number of allylic oxidation sites excluding steroid dienone is 4. The Kier molecular flexibility index (Phi) is 41.7. The number of nitrogens with zero attached hydrogens (tertiary/aromatic N) is 1. The van der Waals surface area contributed by atoms with Crippen molar-refractivity contribution in [1.29, 1.82) is 0 Å². The summed E-state index contributed by atoms with van der Waals surface area (Å²) in [5.41, 5.74) is 0. The lowest BCUT2D eigenvalue weighted by Crippen LogP contribution is -2.37. The van der Waals surface area contributed by atoms with Gasteiger partial charge in [-0.2, -0.15) is 0 Å². The van der Waals surface area contributed by atoms with Crippen molar-refractivity contribution >= 4 is 19.8 Å². The molecule has 354 valence electrons. The Morgan fingerprint density at radius 1 is 0.517 bits per heavy atom. The number of unbranched alkanes of at least 4 members (excludes halogenated alkanes) is 28. The van der Waals surface area contributed by atoms with Crippen LogP contribution in [0, 0.1) is 0 Å². The lowest BCUT2D eigenvalue weighted by Gasteiger charge is -2.24. The number of rotatable bonds is 46. The van der Waals surface area contributed by atoms with E-state index in [1.165, 1.54) is 141 Å². The van der Waals surface area contributed by atoms with Gasteiger partial charge in [0, 0.05) is 12.8 Å². The average Bonchev–Trinajstić information content (AvgIpc) is 3.20. The van der Waals surface area contributed by atoms with Crippen molar-refractivity contribution in [2.45, 2.75) is 238 Å². The Morgan fingerprint density at radius 3 is 1.37 bits per heavy atom. The fourth-order valence-electron chi connectivity index (χ4n) is 7.03. The highest BCUT2D eigenvalue weighted by Crippen LogP contribution is 2.43. The molecule has 0 amide bonds. The largest absolute Gasteiger partial charge is 0.472 e. The summed E-state index contributed by atoms with van der Waals surface area (Å²) in [4.78, 5) is 35.5. The van der Waals surface area contributed by atoms with Gasteiger partial charge in [0.05, 0.1) is 27.7 Å². The number of carbonyl (C=O) groups is 2. The maximum absolute atomic E-state index is 12.7. The molecule has 0 heterocycles. The van der Waals surface area contributed by atoms with E-state index in [4.69, 9.17) is 18.5 Å². The summed E-state index contributed by atoms with van der Waals surface area (Å²) < 4.78 is 34.4. The molecule has 0 aliphatic heterocycles. The Balaban J connectivity index is 4.21. The van der Waals surface area contributed by atoms with Gasteiger partial charge in [-0.25, -0.2) is 4.57 Å². The van der Waals surface area contributed by atoms with E-state index >= 15 is 0 Å². The van der Waals surface area contributed by atoms with Gasteiger partial charge >= 0.3 is 19.8 Å². The zero-order chi connectivity index (χ0) is 44.3. The highest BCUT2D eigenvalue weighted by atomic mass is 31.2. The van der Waals surface area contributed by atoms with Crippen LogP contribution < -0.4 is 0 Å². The van der Waals surface area contributed by atoms with Gasteiger partial charge in [-0.3, -0.25) is 18.6 Å². The summed E-state index contributed by atoms with van der Waals surface area (Å²) in [5.74, 6) is -0.804. The minimum Gasteiger partial charge on any atom is -0.462 e. The monoisotopic (exact) mass is 871 g/mol. The predicted molar refractivity (Wildman–Crippen MR) is 252 cm³/mol. The maximum Gasteiger partial charge on any atom is 0.472 e. The van der Waals surface area contributed by atoms with Crippen LogP contribution in [0.1, 0.15) is 232 Å². The molecule has 10 heteroatoms. The van der Waals surface area contributed by atoms with E-state index in [0.717, 1.165) is 57.8 Å². The molecule has 0 aliphatic carbocycles. The molecule has 0 aromatic rings. The topological polar surface area (TPSA) is 108 Å². The Hall–Kier alpha value is -1.51. The number of ether oxygens (including phenoxy) is 2. The summed E-state index contributed by atoms with van der Waals surface area (Å²) in [6, 6.07) is 0. The van der Waals surface area contributed by atoms with Gasteiger partial charge in [0.2, 0.25) is 0 Å². The third kappa shape index (κ3) is 46.0. The predicted octanol–water partition coefficient (Wildman–Crippen LogP) is 14.7. The molecule has 0 aromatic heterocycles. The molecule has 0 radical (unpaired) electrons. The SMILES string of the molecule is CCCC/C=C/C/C=C/CCCCCCCC(=O)OC[C@H](COP(=O)(O)OCC[N+](C)(C)C)OC(=O)CCCCCCCCCCCCCCCCCCCCCCCC. The number of likely N-dealkylation sites (N-methyl/N-ethyl adjacent to an activating group) is 1. The smallest absolute Gasteiger partial charge is 0.462 e. The highest BCUT2D eigenvalue weighted by molar-refractivity contribution is 7.47. The van der Waals surface area contributed by atoms with Crippen LogP contribution >= 0.6 is 7.82 Å². The molecule has 0 aliphatic rings. The molecule has 0 spiro atoms. The number of quaternary nitrogens is 1. The van der Waals surface area contributed by atoms with Crippen LogP contribution in [0.25, 0.3) is 0 Å². The zero-order valence-corrected chi connectivity index (χ0v) is 40.9. The van der Waals surface area contributed by atoms with E-state index in [1.807, 2.05) is 21.1 Å². The molecule has 0 saturated heterocycles. The van der Waals surface area contributed by atoms with Crippen LogP contribution in [0.5, 0.6) is 0 Å². The second-order valence-corrected chi connectivity index (χ2v) is 19.7. The first kappa shape index (κ1) is 58.5. The first-order valence-electron chi connectivity index (χ1n) is 25.1. The number of hydrogen-bond donors (Lipinski definition) is 1. The number of phosphoric ester groups is 1. The fraction of sp³-hybridized carbons (Fsp3) is 0.880. The lowest BCUT2D eigenvalue weighted by atomic mass is 10.0. The van der Waals surface area contributed by atoms with Crippen molar-refractivity contribution in [3.63, 3.8) is 0 Å². The van der Waals surface area contributed by atoms with Crippen LogP contribution in [0.4, 0.5) is 0 Å². The molecule has 0 fully saturated rings. The van der Waals surface area contributed by atoms with Crippen LogP contribution in [-0.2, 0) is 32.7 Å². The summed E-state index contributed by atoms with van der Waals surface area (Å²) in [7, 11) is 1.48. The van der Waals surface area contributed by atoms with Gasteiger partial charge in [0.15, 0.2) is 6.10 Å². The fourth-order valence-corrected chi connectivity index (χ4v) is 7.77. The molecule has 1 N–H and O–H groups in total. The Morgan fingerprint density at radius 2 is 0.917 bits per heavy atom. The molecule has 0 aromatic carbocycles. The van der Waals surface area contributed by atoms with Crippen LogP contribution in [0.3, 0.4) is 0 Å². The number of carbonyl (C=O) groups excluding carboxylic acids is 2. The van der Waals surface area contributed by atoms with Crippen molar-refractivity contribution in [3.8, 4) is 0 Å². The van der Waals surface area contributed by atoms with Crippen LogP contribution in [0.15, 0.2) is 24.3 Å². The Labute approximate surface area is 370 Å². The third-order valence-corrected chi connectivity index (χ3v) is 12.0. The molecular weight excluding hydrogens is 774 g/mol. The quantitative estimate of drug-likeness (QED) is 0.0212. The van der Waals surface area contributed by atoms with Gasteiger partial charge in [-0.15, -0.1) is 0 Å². The number of esters is 2. The zero-order valence-electron chi connectivity index (χ0n) is 40.0. The summed E-state index contributed by atoms with van der Waals surface area (Å²) >= 11 is 0. The first-order chi connectivity index (χ1) is 29.0. The maximum atomic E-state index is 12.7. The van der Waals surface area contributed by atoms with Crippen LogP contribution in [-0.4, -0.2) is 74.9 Å². The van der Waals surface area contributed by atoms with Crippen molar-refractivity contribution < 1.29 is 42.1 Å². The van der Waals surface area contributed by atoms with Crippen LogP contribution in [0.2, 0.25) is 0 Å². The van der Waals surface area contributed by atoms with Crippen molar-refractivity contribution in [2.24, 2.45) is 0 Å². The lowest BCUT2D eigenvalue weighted by molar-refractivity contribution is -0.870. The molecule has 2 atom stereocenters.